The summed E-state index contributed by atoms with van der Waals surface area (Å²) < 4.78 is 44.0. The van der Waals surface area contributed by atoms with Gasteiger partial charge in [0.1, 0.15) is 17.2 Å². The van der Waals surface area contributed by atoms with Gasteiger partial charge in [-0.1, -0.05) is 6.07 Å². The van der Waals surface area contributed by atoms with E-state index in [9.17, 15) is 17.6 Å². The number of rotatable bonds is 3. The molecule has 0 bridgehead atoms. The van der Waals surface area contributed by atoms with E-state index >= 15 is 0 Å². The van der Waals surface area contributed by atoms with Crippen molar-refractivity contribution in [1.82, 2.24) is 15.2 Å². The van der Waals surface area contributed by atoms with Crippen LogP contribution in [-0.2, 0) is 14.6 Å². The van der Waals surface area contributed by atoms with E-state index in [0.29, 0.717) is 0 Å². The molecule has 0 aliphatic rings. The molecule has 1 aromatic carbocycles. The number of fused-ring (bicyclic) bond motifs is 1. The molecule has 0 fully saturated rings. The molecule has 1 amide bonds. The second-order valence-electron chi connectivity index (χ2n) is 6.73. The molecule has 142 valence electrons. The Morgan fingerprint density at radius 1 is 1.22 bits per heavy atom. The quantitative estimate of drug-likeness (QED) is 0.707. The predicted octanol–water partition coefficient (Wildman–Crippen LogP) is 3.28. The van der Waals surface area contributed by atoms with E-state index in [4.69, 9.17) is 4.74 Å². The number of carbonyl (C=O) groups is 1. The Balaban J connectivity index is 1.99. The molecular weight excluding hydrogens is 375 g/mol. The Morgan fingerprint density at radius 3 is 2.63 bits per heavy atom. The maximum atomic E-state index is 13.4. The van der Waals surface area contributed by atoms with E-state index in [2.05, 4.69) is 20.5 Å². The summed E-state index contributed by atoms with van der Waals surface area (Å²) in [5, 5.41) is 9.25. The highest BCUT2D eigenvalue weighted by Crippen LogP contribution is 2.26. The first-order valence-electron chi connectivity index (χ1n) is 7.91. The summed E-state index contributed by atoms with van der Waals surface area (Å²) >= 11 is 0. The lowest BCUT2D eigenvalue weighted by Crippen LogP contribution is -2.27. The van der Waals surface area contributed by atoms with Gasteiger partial charge in [0.15, 0.2) is 5.65 Å². The normalized spacial score (nSPS) is 12.1. The fourth-order valence-corrected chi connectivity index (χ4v) is 3.56. The van der Waals surface area contributed by atoms with Crippen molar-refractivity contribution >= 4 is 32.8 Å². The first-order valence-corrected chi connectivity index (χ1v) is 9.39. The summed E-state index contributed by atoms with van der Waals surface area (Å²) in [7, 11) is -3.99. The van der Waals surface area contributed by atoms with Crippen LogP contribution < -0.4 is 5.32 Å². The highest BCUT2D eigenvalue weighted by atomic mass is 32.2. The van der Waals surface area contributed by atoms with Crippen LogP contribution in [0.15, 0.2) is 46.3 Å². The summed E-state index contributed by atoms with van der Waals surface area (Å²) in [5.41, 5.74) is -0.497. The summed E-state index contributed by atoms with van der Waals surface area (Å²) in [4.78, 5) is 15.6. The average molecular weight is 392 g/mol. The van der Waals surface area contributed by atoms with Crippen molar-refractivity contribution in [3.05, 3.63) is 42.3 Å². The number of pyridine rings is 1. The molecule has 2 heterocycles. The van der Waals surface area contributed by atoms with E-state index in [1.54, 1.807) is 20.8 Å². The van der Waals surface area contributed by atoms with Gasteiger partial charge in [-0.05, 0) is 45.0 Å². The van der Waals surface area contributed by atoms with Crippen LogP contribution in [0.2, 0.25) is 0 Å². The fourth-order valence-electron chi connectivity index (χ4n) is 2.30. The van der Waals surface area contributed by atoms with Gasteiger partial charge in [-0.2, -0.15) is 5.10 Å². The zero-order chi connectivity index (χ0) is 19.8. The second-order valence-corrected chi connectivity index (χ2v) is 8.68. The topological polar surface area (TPSA) is 114 Å². The number of amides is 1. The van der Waals surface area contributed by atoms with Crippen molar-refractivity contribution in [3.8, 4) is 0 Å². The number of sulfone groups is 1. The molecule has 0 spiro atoms. The van der Waals surface area contributed by atoms with Gasteiger partial charge in [-0.3, -0.25) is 10.4 Å². The highest BCUT2D eigenvalue weighted by molar-refractivity contribution is 7.91. The number of ether oxygens (including phenoxy) is 1. The molecule has 0 aliphatic heterocycles. The predicted molar refractivity (Wildman–Crippen MR) is 95.6 cm³/mol. The first kappa shape index (κ1) is 18.8. The molecule has 8 nitrogen and oxygen atoms in total. The van der Waals surface area contributed by atoms with E-state index in [0.717, 1.165) is 18.3 Å². The SMILES string of the molecule is CC(C)(C)OC(=O)Nc1[nH]nc2ncc(S(=O)(=O)c3cccc(F)c3)cc12. The lowest BCUT2D eigenvalue weighted by molar-refractivity contribution is 0.0635. The van der Waals surface area contributed by atoms with Crippen molar-refractivity contribution in [2.24, 2.45) is 0 Å². The average Bonchev–Trinajstić information content (AvgIpc) is 2.95. The molecule has 2 aromatic heterocycles. The summed E-state index contributed by atoms with van der Waals surface area (Å²) in [5.74, 6) is -0.524. The minimum Gasteiger partial charge on any atom is -0.444 e. The third-order valence-electron chi connectivity index (χ3n) is 3.43. The molecule has 0 saturated heterocycles. The van der Waals surface area contributed by atoms with Crippen LogP contribution in [0.5, 0.6) is 0 Å². The molecule has 0 atom stereocenters. The molecule has 27 heavy (non-hydrogen) atoms. The largest absolute Gasteiger partial charge is 0.444 e. The molecule has 3 rings (SSSR count). The van der Waals surface area contributed by atoms with Gasteiger partial charge in [-0.25, -0.2) is 22.6 Å². The lowest BCUT2D eigenvalue weighted by atomic mass is 10.2. The van der Waals surface area contributed by atoms with Gasteiger partial charge in [0.05, 0.1) is 15.2 Å². The Labute approximate surface area is 154 Å². The molecule has 3 aromatic rings. The fraction of sp³-hybridized carbons (Fsp3) is 0.235. The monoisotopic (exact) mass is 392 g/mol. The zero-order valence-electron chi connectivity index (χ0n) is 14.8. The summed E-state index contributed by atoms with van der Waals surface area (Å²) in [6.45, 7) is 5.13. The standard InChI is InChI=1S/C17H17FN4O4S/c1-17(2,3)26-16(23)20-15-13-8-12(9-19-14(13)21-22-15)27(24,25)11-6-4-5-10(18)7-11/h4-9H,1-3H3,(H2,19,20,21,22,23). The van der Waals surface area contributed by atoms with Crippen molar-refractivity contribution < 1.29 is 22.3 Å². The second kappa shape index (κ2) is 6.62. The van der Waals surface area contributed by atoms with Crippen molar-refractivity contribution in [3.63, 3.8) is 0 Å². The van der Waals surface area contributed by atoms with Crippen molar-refractivity contribution in [2.75, 3.05) is 5.32 Å². The van der Waals surface area contributed by atoms with Crippen molar-refractivity contribution in [1.29, 1.82) is 0 Å². The first-order chi connectivity index (χ1) is 12.6. The summed E-state index contributed by atoms with van der Waals surface area (Å²) in [6.07, 6.45) is 0.396. The number of aromatic amines is 1. The van der Waals surface area contributed by atoms with Gasteiger partial charge in [-0.15, -0.1) is 0 Å². The molecular formula is C17H17FN4O4S. The highest BCUT2D eigenvalue weighted by Gasteiger charge is 2.22. The number of hydrogen-bond donors (Lipinski definition) is 2. The number of carbonyl (C=O) groups excluding carboxylic acids is 1. The van der Waals surface area contributed by atoms with E-state index in [1.807, 2.05) is 0 Å². The molecule has 0 aliphatic carbocycles. The Bertz CT molecular complexity index is 1120. The van der Waals surface area contributed by atoms with Crippen LogP contribution in [0.1, 0.15) is 20.8 Å². The number of H-pyrrole nitrogens is 1. The number of aromatic nitrogens is 3. The van der Waals surface area contributed by atoms with E-state index in [-0.39, 0.29) is 26.6 Å². The van der Waals surface area contributed by atoms with Gasteiger partial charge >= 0.3 is 6.09 Å². The summed E-state index contributed by atoms with van der Waals surface area (Å²) in [6, 6.07) is 5.98. The molecule has 0 radical (unpaired) electrons. The van der Waals surface area contributed by atoms with Crippen molar-refractivity contribution in [2.45, 2.75) is 36.2 Å². The van der Waals surface area contributed by atoms with Gasteiger partial charge in [0.25, 0.3) is 0 Å². The minimum absolute atomic E-state index is 0.142. The molecule has 10 heteroatoms. The van der Waals surface area contributed by atoms with Gasteiger partial charge in [0.2, 0.25) is 9.84 Å². The van der Waals surface area contributed by atoms with Crippen LogP contribution in [0.25, 0.3) is 11.0 Å². The van der Waals surface area contributed by atoms with E-state index < -0.39 is 27.3 Å². The molecule has 0 saturated carbocycles. The number of nitrogens with one attached hydrogen (secondary N) is 2. The number of anilines is 1. The van der Waals surface area contributed by atoms with E-state index in [1.165, 1.54) is 18.2 Å². The lowest BCUT2D eigenvalue weighted by Gasteiger charge is -2.19. The van der Waals surface area contributed by atoms with Gasteiger partial charge in [0, 0.05) is 6.20 Å². The zero-order valence-corrected chi connectivity index (χ0v) is 15.6. The van der Waals surface area contributed by atoms with Crippen LogP contribution in [-0.4, -0.2) is 35.3 Å². The maximum absolute atomic E-state index is 13.4. The number of hydrogen-bond acceptors (Lipinski definition) is 6. The van der Waals surface area contributed by atoms with Crippen LogP contribution in [0, 0.1) is 5.82 Å². The number of benzene rings is 1. The van der Waals surface area contributed by atoms with Crippen LogP contribution >= 0.6 is 0 Å². The molecule has 0 unspecified atom stereocenters. The smallest absolute Gasteiger partial charge is 0.413 e. The Morgan fingerprint density at radius 2 is 1.96 bits per heavy atom. The maximum Gasteiger partial charge on any atom is 0.413 e. The number of halogens is 1. The Kier molecular flexibility index (Phi) is 4.60. The minimum atomic E-state index is -3.99. The third kappa shape index (κ3) is 4.05. The van der Waals surface area contributed by atoms with Crippen LogP contribution in [0.4, 0.5) is 15.0 Å². The Hall–Kier alpha value is -3.01. The third-order valence-corrected chi connectivity index (χ3v) is 5.15. The number of nitrogens with zero attached hydrogens (tertiary/aromatic N) is 2. The van der Waals surface area contributed by atoms with Gasteiger partial charge < -0.3 is 4.74 Å². The molecule has 2 N–H and O–H groups in total. The van der Waals surface area contributed by atoms with Crippen LogP contribution in [0.3, 0.4) is 0 Å².